The summed E-state index contributed by atoms with van der Waals surface area (Å²) < 4.78 is 0. The van der Waals surface area contributed by atoms with Crippen molar-refractivity contribution in [2.45, 2.75) is 0 Å². The maximum Gasteiger partial charge on any atom is 0.0501 e. The standard InChI is InChI=1S/C8H19N3/c1-9-4-6-10(2)8-11(3)7-5-9/h4-8H2,1-3H3. The zero-order valence-electron chi connectivity index (χ0n) is 7.88. The molecule has 1 fully saturated rings. The minimum Gasteiger partial charge on any atom is -0.304 e. The Labute approximate surface area is 69.6 Å². The number of likely N-dealkylation sites (N-methyl/N-ethyl adjacent to an activating group) is 3. The van der Waals surface area contributed by atoms with Gasteiger partial charge in [0.05, 0.1) is 6.67 Å². The van der Waals surface area contributed by atoms with Crippen molar-refractivity contribution in [1.82, 2.24) is 14.7 Å². The van der Waals surface area contributed by atoms with Gasteiger partial charge in [-0.25, -0.2) is 0 Å². The lowest BCUT2D eigenvalue weighted by molar-refractivity contribution is 0.125. The number of rotatable bonds is 0. The van der Waals surface area contributed by atoms with Crippen molar-refractivity contribution in [2.24, 2.45) is 0 Å². The van der Waals surface area contributed by atoms with Crippen LogP contribution in [0.4, 0.5) is 0 Å². The Morgan fingerprint density at radius 1 is 0.636 bits per heavy atom. The summed E-state index contributed by atoms with van der Waals surface area (Å²) in [5.74, 6) is 0. The summed E-state index contributed by atoms with van der Waals surface area (Å²) in [5.41, 5.74) is 0. The van der Waals surface area contributed by atoms with Crippen molar-refractivity contribution in [3.63, 3.8) is 0 Å². The van der Waals surface area contributed by atoms with Gasteiger partial charge in [0.25, 0.3) is 0 Å². The smallest absolute Gasteiger partial charge is 0.0501 e. The molecule has 0 aliphatic carbocycles. The highest BCUT2D eigenvalue weighted by Crippen LogP contribution is 1.95. The van der Waals surface area contributed by atoms with E-state index in [4.69, 9.17) is 0 Å². The van der Waals surface area contributed by atoms with Gasteiger partial charge in [-0.15, -0.1) is 0 Å². The highest BCUT2D eigenvalue weighted by Gasteiger charge is 2.09. The van der Waals surface area contributed by atoms with Crippen LogP contribution in [-0.2, 0) is 0 Å². The molecule has 0 unspecified atom stereocenters. The van der Waals surface area contributed by atoms with Gasteiger partial charge < -0.3 is 4.90 Å². The van der Waals surface area contributed by atoms with E-state index in [0.29, 0.717) is 0 Å². The van der Waals surface area contributed by atoms with Crippen molar-refractivity contribution in [3.8, 4) is 0 Å². The average molecular weight is 157 g/mol. The lowest BCUT2D eigenvalue weighted by Gasteiger charge is -2.31. The summed E-state index contributed by atoms with van der Waals surface area (Å²) in [6, 6.07) is 0. The van der Waals surface area contributed by atoms with Crippen LogP contribution in [0, 0.1) is 0 Å². The third-order valence-electron chi connectivity index (χ3n) is 2.21. The van der Waals surface area contributed by atoms with Crippen LogP contribution in [0.3, 0.4) is 0 Å². The van der Waals surface area contributed by atoms with E-state index >= 15 is 0 Å². The molecule has 1 heterocycles. The van der Waals surface area contributed by atoms with E-state index in [1.54, 1.807) is 0 Å². The van der Waals surface area contributed by atoms with Crippen molar-refractivity contribution in [3.05, 3.63) is 0 Å². The first-order valence-electron chi connectivity index (χ1n) is 4.24. The molecule has 1 aliphatic rings. The molecule has 1 aliphatic heterocycles. The monoisotopic (exact) mass is 157 g/mol. The molecule has 0 aromatic carbocycles. The Morgan fingerprint density at radius 2 is 1.00 bits per heavy atom. The Bertz CT molecular complexity index is 104. The van der Waals surface area contributed by atoms with Gasteiger partial charge in [-0.1, -0.05) is 0 Å². The van der Waals surface area contributed by atoms with E-state index in [1.165, 1.54) is 26.2 Å². The molecule has 1 rings (SSSR count). The topological polar surface area (TPSA) is 9.72 Å². The van der Waals surface area contributed by atoms with Gasteiger partial charge in [0.1, 0.15) is 0 Å². The Morgan fingerprint density at radius 3 is 1.45 bits per heavy atom. The molecule has 0 aromatic rings. The molecule has 0 N–H and O–H groups in total. The second-order valence-electron chi connectivity index (χ2n) is 3.60. The molecular formula is C8H19N3. The quantitative estimate of drug-likeness (QED) is 0.480. The first-order valence-corrected chi connectivity index (χ1v) is 4.24. The van der Waals surface area contributed by atoms with Gasteiger partial charge in [-0.2, -0.15) is 0 Å². The van der Waals surface area contributed by atoms with E-state index in [0.717, 1.165) is 6.67 Å². The molecule has 3 nitrogen and oxygen atoms in total. The zero-order chi connectivity index (χ0) is 8.27. The molecule has 0 atom stereocenters. The van der Waals surface area contributed by atoms with E-state index in [1.807, 2.05) is 0 Å². The molecule has 0 saturated carbocycles. The number of hydrogen-bond donors (Lipinski definition) is 0. The summed E-state index contributed by atoms with van der Waals surface area (Å²) in [5, 5.41) is 0. The Hall–Kier alpha value is -0.120. The summed E-state index contributed by atoms with van der Waals surface area (Å²) in [6.45, 7) is 5.87. The van der Waals surface area contributed by atoms with E-state index in [-0.39, 0.29) is 0 Å². The molecule has 0 amide bonds. The van der Waals surface area contributed by atoms with Crippen LogP contribution in [0.15, 0.2) is 0 Å². The Kier molecular flexibility index (Phi) is 3.30. The second-order valence-corrected chi connectivity index (χ2v) is 3.60. The van der Waals surface area contributed by atoms with Crippen LogP contribution in [-0.4, -0.2) is 68.7 Å². The second kappa shape index (κ2) is 4.04. The molecule has 1 saturated heterocycles. The highest BCUT2D eigenvalue weighted by atomic mass is 15.3. The molecule has 3 heteroatoms. The van der Waals surface area contributed by atoms with E-state index < -0.39 is 0 Å². The molecule has 66 valence electrons. The summed E-state index contributed by atoms with van der Waals surface area (Å²) in [4.78, 5) is 7.09. The first kappa shape index (κ1) is 8.97. The van der Waals surface area contributed by atoms with Gasteiger partial charge in [0.15, 0.2) is 0 Å². The fraction of sp³-hybridized carbons (Fsp3) is 1.00. The van der Waals surface area contributed by atoms with Gasteiger partial charge in [0.2, 0.25) is 0 Å². The third kappa shape index (κ3) is 3.18. The predicted octanol–water partition coefficient (Wildman–Crippen LogP) is -0.247. The van der Waals surface area contributed by atoms with Crippen molar-refractivity contribution >= 4 is 0 Å². The van der Waals surface area contributed by atoms with Gasteiger partial charge in [-0.3, -0.25) is 9.80 Å². The lowest BCUT2D eigenvalue weighted by atomic mass is 10.4. The molecule has 0 bridgehead atoms. The van der Waals surface area contributed by atoms with Crippen molar-refractivity contribution in [2.75, 3.05) is 54.0 Å². The van der Waals surface area contributed by atoms with Gasteiger partial charge >= 0.3 is 0 Å². The molecule has 0 aromatic heterocycles. The fourth-order valence-electron chi connectivity index (χ4n) is 1.35. The molecule has 0 radical (unpaired) electrons. The normalized spacial score (nSPS) is 26.5. The largest absolute Gasteiger partial charge is 0.304 e. The average Bonchev–Trinajstić information content (AvgIpc) is 1.95. The van der Waals surface area contributed by atoms with Crippen molar-refractivity contribution < 1.29 is 0 Å². The van der Waals surface area contributed by atoms with Crippen LogP contribution < -0.4 is 0 Å². The minimum absolute atomic E-state index is 1.10. The SMILES string of the molecule is CN1CCN(C)CN(C)CC1. The third-order valence-corrected chi connectivity index (χ3v) is 2.21. The summed E-state index contributed by atoms with van der Waals surface area (Å²) >= 11 is 0. The molecule has 0 spiro atoms. The first-order chi connectivity index (χ1) is 5.18. The summed E-state index contributed by atoms with van der Waals surface area (Å²) in [7, 11) is 6.54. The van der Waals surface area contributed by atoms with Crippen LogP contribution in [0.1, 0.15) is 0 Å². The highest BCUT2D eigenvalue weighted by molar-refractivity contribution is 4.63. The molecular weight excluding hydrogens is 138 g/mol. The maximum absolute atomic E-state index is 2.38. The van der Waals surface area contributed by atoms with Crippen LogP contribution in [0.5, 0.6) is 0 Å². The number of hydrogen-bond acceptors (Lipinski definition) is 3. The maximum atomic E-state index is 2.38. The zero-order valence-corrected chi connectivity index (χ0v) is 7.88. The van der Waals surface area contributed by atoms with E-state index in [2.05, 4.69) is 35.8 Å². The predicted molar refractivity (Wildman–Crippen MR) is 47.6 cm³/mol. The van der Waals surface area contributed by atoms with Crippen LogP contribution in [0.25, 0.3) is 0 Å². The van der Waals surface area contributed by atoms with Crippen LogP contribution in [0.2, 0.25) is 0 Å². The molecule has 11 heavy (non-hydrogen) atoms. The Balaban J connectivity index is 2.34. The van der Waals surface area contributed by atoms with Crippen molar-refractivity contribution in [1.29, 1.82) is 0 Å². The minimum atomic E-state index is 1.10. The van der Waals surface area contributed by atoms with Gasteiger partial charge in [0, 0.05) is 26.2 Å². The number of nitrogens with zero attached hydrogens (tertiary/aromatic N) is 3. The fourth-order valence-corrected chi connectivity index (χ4v) is 1.35. The lowest BCUT2D eigenvalue weighted by Crippen LogP contribution is -2.44. The van der Waals surface area contributed by atoms with E-state index in [9.17, 15) is 0 Å². The van der Waals surface area contributed by atoms with Gasteiger partial charge in [-0.05, 0) is 21.1 Å². The van der Waals surface area contributed by atoms with Crippen LogP contribution >= 0.6 is 0 Å². The summed E-state index contributed by atoms with van der Waals surface area (Å²) in [6.07, 6.45) is 0.